The van der Waals surface area contributed by atoms with Crippen molar-refractivity contribution in [3.63, 3.8) is 0 Å². The molecule has 3 aromatic heterocycles. The van der Waals surface area contributed by atoms with Crippen molar-refractivity contribution in [1.29, 1.82) is 0 Å². The summed E-state index contributed by atoms with van der Waals surface area (Å²) in [7, 11) is 0. The molecule has 0 saturated heterocycles. The first-order valence-corrected chi connectivity index (χ1v) is 6.25. The molecule has 7 heteroatoms. The third-order valence-electron chi connectivity index (χ3n) is 2.75. The molecular weight excluding hydrogens is 266 g/mol. The Bertz CT molecular complexity index is 679. The maximum Gasteiger partial charge on any atom is 0.226 e. The highest BCUT2D eigenvalue weighted by atomic mass is 35.5. The third kappa shape index (κ3) is 2.53. The fraction of sp³-hybridized carbons (Fsp3) is 0.250. The average Bonchev–Trinajstić information content (AvgIpc) is 2.99. The van der Waals surface area contributed by atoms with Gasteiger partial charge in [-0.2, -0.15) is 15.1 Å². The molecule has 0 fully saturated rings. The number of rotatable bonds is 4. The fourth-order valence-electron chi connectivity index (χ4n) is 1.93. The smallest absolute Gasteiger partial charge is 0.226 e. The standard InChI is InChI=1S/C12H12ClN5O/c1-7(5-8-3-2-4-19-8)15-10-9-6-14-18-11(9)17-12(13)16-10/h2-4,6-7H,5H2,1H3,(H2,14,15,16,17,18). The van der Waals surface area contributed by atoms with E-state index in [2.05, 4.69) is 25.5 Å². The number of halogens is 1. The predicted molar refractivity (Wildman–Crippen MR) is 72.2 cm³/mol. The molecule has 1 atom stereocenters. The molecule has 0 aliphatic heterocycles. The lowest BCUT2D eigenvalue weighted by atomic mass is 10.2. The Kier molecular flexibility index (Phi) is 3.08. The first kappa shape index (κ1) is 12.0. The summed E-state index contributed by atoms with van der Waals surface area (Å²) in [5.74, 6) is 1.59. The van der Waals surface area contributed by atoms with E-state index < -0.39 is 0 Å². The Morgan fingerprint density at radius 1 is 1.47 bits per heavy atom. The SMILES string of the molecule is CC(Cc1ccco1)Nc1nc(Cl)nc2[nH]ncc12. The van der Waals surface area contributed by atoms with E-state index in [0.717, 1.165) is 17.6 Å². The van der Waals surface area contributed by atoms with Gasteiger partial charge in [0, 0.05) is 12.5 Å². The van der Waals surface area contributed by atoms with E-state index >= 15 is 0 Å². The second-order valence-electron chi connectivity index (χ2n) is 4.30. The van der Waals surface area contributed by atoms with Crippen LogP contribution in [0.25, 0.3) is 11.0 Å². The number of hydrogen-bond acceptors (Lipinski definition) is 5. The zero-order chi connectivity index (χ0) is 13.2. The van der Waals surface area contributed by atoms with Gasteiger partial charge >= 0.3 is 0 Å². The van der Waals surface area contributed by atoms with Crippen LogP contribution in [-0.4, -0.2) is 26.2 Å². The molecule has 6 nitrogen and oxygen atoms in total. The molecule has 19 heavy (non-hydrogen) atoms. The molecule has 3 aromatic rings. The Balaban J connectivity index is 1.82. The molecule has 0 aliphatic carbocycles. The van der Waals surface area contributed by atoms with Crippen LogP contribution in [0, 0.1) is 0 Å². The molecule has 0 amide bonds. The minimum atomic E-state index is 0.148. The maximum atomic E-state index is 5.88. The van der Waals surface area contributed by atoms with Crippen LogP contribution in [-0.2, 0) is 6.42 Å². The van der Waals surface area contributed by atoms with Crippen molar-refractivity contribution < 1.29 is 4.42 Å². The molecule has 3 rings (SSSR count). The molecular formula is C12H12ClN5O. The van der Waals surface area contributed by atoms with Gasteiger partial charge < -0.3 is 9.73 Å². The van der Waals surface area contributed by atoms with Crippen molar-refractivity contribution in [2.24, 2.45) is 0 Å². The summed E-state index contributed by atoms with van der Waals surface area (Å²) in [4.78, 5) is 8.25. The van der Waals surface area contributed by atoms with Gasteiger partial charge in [-0.1, -0.05) is 0 Å². The third-order valence-corrected chi connectivity index (χ3v) is 2.92. The van der Waals surface area contributed by atoms with Crippen LogP contribution in [0.4, 0.5) is 5.82 Å². The van der Waals surface area contributed by atoms with Crippen molar-refractivity contribution in [3.8, 4) is 0 Å². The maximum absolute atomic E-state index is 5.88. The zero-order valence-electron chi connectivity index (χ0n) is 10.2. The van der Waals surface area contributed by atoms with Crippen LogP contribution >= 0.6 is 11.6 Å². The van der Waals surface area contributed by atoms with E-state index in [0.29, 0.717) is 11.5 Å². The van der Waals surface area contributed by atoms with E-state index in [1.807, 2.05) is 19.1 Å². The summed E-state index contributed by atoms with van der Waals surface area (Å²) in [6.07, 6.45) is 4.10. The molecule has 3 heterocycles. The fourth-order valence-corrected chi connectivity index (χ4v) is 2.10. The monoisotopic (exact) mass is 277 g/mol. The number of hydrogen-bond donors (Lipinski definition) is 2. The Labute approximate surface area is 114 Å². The highest BCUT2D eigenvalue weighted by Crippen LogP contribution is 2.21. The van der Waals surface area contributed by atoms with Crippen molar-refractivity contribution in [3.05, 3.63) is 35.6 Å². The minimum Gasteiger partial charge on any atom is -0.469 e. The van der Waals surface area contributed by atoms with Gasteiger partial charge in [0.1, 0.15) is 11.6 Å². The lowest BCUT2D eigenvalue weighted by molar-refractivity contribution is 0.497. The first-order valence-electron chi connectivity index (χ1n) is 5.88. The van der Waals surface area contributed by atoms with Gasteiger partial charge in [0.25, 0.3) is 0 Å². The predicted octanol–water partition coefficient (Wildman–Crippen LogP) is 2.64. The van der Waals surface area contributed by atoms with E-state index in [-0.39, 0.29) is 11.3 Å². The van der Waals surface area contributed by atoms with E-state index in [1.165, 1.54) is 0 Å². The lowest BCUT2D eigenvalue weighted by Crippen LogP contribution is -2.19. The van der Waals surface area contributed by atoms with Crippen LogP contribution in [0.15, 0.2) is 29.0 Å². The van der Waals surface area contributed by atoms with Gasteiger partial charge in [-0.15, -0.1) is 0 Å². The van der Waals surface area contributed by atoms with Crippen LogP contribution in [0.5, 0.6) is 0 Å². The van der Waals surface area contributed by atoms with E-state index in [9.17, 15) is 0 Å². The van der Waals surface area contributed by atoms with Gasteiger partial charge in [0.2, 0.25) is 5.28 Å². The Morgan fingerprint density at radius 3 is 3.16 bits per heavy atom. The number of furan rings is 1. The Morgan fingerprint density at radius 2 is 2.37 bits per heavy atom. The number of nitrogens with zero attached hydrogens (tertiary/aromatic N) is 3. The zero-order valence-corrected chi connectivity index (χ0v) is 11.0. The molecule has 2 N–H and O–H groups in total. The number of fused-ring (bicyclic) bond motifs is 1. The summed E-state index contributed by atoms with van der Waals surface area (Å²) in [5.41, 5.74) is 0.618. The van der Waals surface area contributed by atoms with Crippen LogP contribution in [0.1, 0.15) is 12.7 Å². The van der Waals surface area contributed by atoms with E-state index in [4.69, 9.17) is 16.0 Å². The van der Waals surface area contributed by atoms with Crippen molar-refractivity contribution in [1.82, 2.24) is 20.2 Å². The number of aromatic nitrogens is 4. The second-order valence-corrected chi connectivity index (χ2v) is 4.64. The number of aromatic amines is 1. The number of anilines is 1. The average molecular weight is 278 g/mol. The lowest BCUT2D eigenvalue weighted by Gasteiger charge is -2.13. The molecule has 1 unspecified atom stereocenters. The topological polar surface area (TPSA) is 79.6 Å². The molecule has 0 radical (unpaired) electrons. The molecule has 0 spiro atoms. The normalized spacial score (nSPS) is 12.7. The second kappa shape index (κ2) is 4.89. The van der Waals surface area contributed by atoms with Gasteiger partial charge in [0.15, 0.2) is 5.65 Å². The van der Waals surface area contributed by atoms with Gasteiger partial charge in [-0.25, -0.2) is 0 Å². The summed E-state index contributed by atoms with van der Waals surface area (Å²) in [5, 5.41) is 11.0. The van der Waals surface area contributed by atoms with Crippen molar-refractivity contribution in [2.45, 2.75) is 19.4 Å². The summed E-state index contributed by atoms with van der Waals surface area (Å²) >= 11 is 5.88. The largest absolute Gasteiger partial charge is 0.469 e. The molecule has 0 bridgehead atoms. The summed E-state index contributed by atoms with van der Waals surface area (Å²) < 4.78 is 5.32. The summed E-state index contributed by atoms with van der Waals surface area (Å²) in [6.45, 7) is 2.05. The van der Waals surface area contributed by atoms with Gasteiger partial charge in [0.05, 0.1) is 17.8 Å². The first-order chi connectivity index (χ1) is 9.22. The number of nitrogens with one attached hydrogen (secondary N) is 2. The highest BCUT2D eigenvalue weighted by Gasteiger charge is 2.12. The molecule has 98 valence electrons. The molecule has 0 aromatic carbocycles. The van der Waals surface area contributed by atoms with Gasteiger partial charge in [-0.3, -0.25) is 5.10 Å². The quantitative estimate of drug-likeness (QED) is 0.717. The molecule has 0 saturated carbocycles. The van der Waals surface area contributed by atoms with Crippen LogP contribution < -0.4 is 5.32 Å². The van der Waals surface area contributed by atoms with Crippen LogP contribution in [0.2, 0.25) is 5.28 Å². The minimum absolute atomic E-state index is 0.148. The van der Waals surface area contributed by atoms with Crippen molar-refractivity contribution in [2.75, 3.05) is 5.32 Å². The van der Waals surface area contributed by atoms with Crippen molar-refractivity contribution >= 4 is 28.5 Å². The van der Waals surface area contributed by atoms with E-state index in [1.54, 1.807) is 12.5 Å². The Hall–Kier alpha value is -2.08. The highest BCUT2D eigenvalue weighted by molar-refractivity contribution is 6.28. The summed E-state index contributed by atoms with van der Waals surface area (Å²) in [6, 6.07) is 3.96. The van der Waals surface area contributed by atoms with Gasteiger partial charge in [-0.05, 0) is 30.7 Å². The number of H-pyrrole nitrogens is 1. The van der Waals surface area contributed by atoms with Crippen LogP contribution in [0.3, 0.4) is 0 Å². The molecule has 0 aliphatic rings.